The number of aromatic nitrogens is 7. The van der Waals surface area contributed by atoms with Crippen LogP contribution in [-0.4, -0.2) is 244 Å². The van der Waals surface area contributed by atoms with Crippen molar-refractivity contribution in [2.24, 2.45) is 39.7 Å². The highest BCUT2D eigenvalue weighted by Crippen LogP contribution is 2.37. The number of carboxylic acid groups (broad SMARTS) is 1. The van der Waals surface area contributed by atoms with Crippen LogP contribution in [0.2, 0.25) is 15.1 Å². The zero-order chi connectivity index (χ0) is 101. The molecule has 3 aliphatic heterocycles. The number of halogens is 3. The van der Waals surface area contributed by atoms with E-state index in [4.69, 9.17) is 78.8 Å². The van der Waals surface area contributed by atoms with Gasteiger partial charge in [0.15, 0.2) is 5.69 Å². The third-order valence-corrected chi connectivity index (χ3v) is 24.1. The summed E-state index contributed by atoms with van der Waals surface area (Å²) < 4.78 is 39.4. The molecule has 12 atom stereocenters. The zero-order valence-corrected chi connectivity index (χ0v) is 82.7. The van der Waals surface area contributed by atoms with Crippen LogP contribution in [0.1, 0.15) is 220 Å². The Labute approximate surface area is 817 Å². The molecule has 0 radical (unpaired) electrons. The van der Waals surface area contributed by atoms with Gasteiger partial charge in [0.1, 0.15) is 97.8 Å². The number of likely N-dealkylation sites (tertiary alicyclic amines) is 3. The van der Waals surface area contributed by atoms with Crippen LogP contribution in [0.4, 0.5) is 4.79 Å². The molecule has 3 saturated heterocycles. The zero-order valence-electron chi connectivity index (χ0n) is 80.4. The van der Waals surface area contributed by atoms with Crippen LogP contribution >= 0.6 is 34.8 Å². The monoisotopic (exact) mass is 1960 g/mol. The summed E-state index contributed by atoms with van der Waals surface area (Å²) in [6.07, 6.45) is 29.1. The second kappa shape index (κ2) is 53.8. The number of carboxylic acids is 1. The second-order valence-corrected chi connectivity index (χ2v) is 39.7. The summed E-state index contributed by atoms with van der Waals surface area (Å²) >= 11 is 17.8. The number of amides is 8. The van der Waals surface area contributed by atoms with Gasteiger partial charge in [-0.1, -0.05) is 193 Å². The standard InChI is InChI=1S/C32H41ClN6O6.C32H47ClN4O7.C27H39ClN4O5.C5H4N2O2.C2H4/c1-5-15-44-31(43)24-16-22(45-25-12-11-21(33)17-36-25)19-39(24)30(42)27(32(2,3)4)38-29(41)26(20-9-7-6-8-10-20)37-28(40)23-18-34-13-14-35-23;1-8-16-42-29(40)23-17-22(43-24-15-14-21(33)18-34-24)19-37(23)28(39)26(31(2,3)4)36-27(38)25(20-12-10-9-11-13-20)35-30(41)44-32(5,6)7;1-5-13-36-26(35)20-14-19(37-21-12-11-18(28)15-30-21)16-32(20)25(34)23(27(2,3)4)31-24(33)22(29)17-9-7-6-8-10-17;8-5(9)4-3-6-1-2-7-4;1-2/h5,11-14,17-18,20,22,24,26-27H,1,6-10,15-16,19H2,2-4H3,(H,37,40)(H,38,41);8,14-15,18,20,22-23,25-26H,1,9-13,16-17,19H2,2-7H3,(H,35,41)(H,36,38);5,11-12,15,17,19-20,22-23H,1,6-10,13-14,16,29H2,2-4H3,(H,31,33);1-3H,(H,8,9);1-2H2/t22-,24+,26+,27-;22-,23+,25+,26-;19-,20+,22+,23-;;/m111../s1. The average Bonchev–Trinajstić information content (AvgIpc) is 1.67. The molecular weight excluding hydrogens is 1830 g/mol. The van der Waals surface area contributed by atoms with Gasteiger partial charge in [-0.15, -0.1) is 13.2 Å². The Kier molecular flexibility index (Phi) is 44.1. The van der Waals surface area contributed by atoms with Crippen molar-refractivity contribution in [1.29, 1.82) is 0 Å². The highest BCUT2D eigenvalue weighted by atomic mass is 35.5. The fraction of sp³-hybridized carbons (Fsp3) is 0.561. The lowest BCUT2D eigenvalue weighted by molar-refractivity contribution is -0.154. The highest BCUT2D eigenvalue weighted by molar-refractivity contribution is 6.31. The Morgan fingerprint density at radius 3 is 1.02 bits per heavy atom. The largest absolute Gasteiger partial charge is 0.476 e. The summed E-state index contributed by atoms with van der Waals surface area (Å²) in [5, 5.41) is 24.1. The molecule has 137 heavy (non-hydrogen) atoms. The van der Waals surface area contributed by atoms with Crippen molar-refractivity contribution in [2.45, 2.75) is 277 Å². The number of aromatic carboxylic acids is 1. The van der Waals surface area contributed by atoms with E-state index < -0.39 is 154 Å². The number of nitrogens with one attached hydrogen (secondary N) is 5. The first kappa shape index (κ1) is 112. The number of esters is 3. The van der Waals surface area contributed by atoms with Gasteiger partial charge in [0.25, 0.3) is 5.91 Å². The van der Waals surface area contributed by atoms with Crippen LogP contribution in [0, 0.1) is 34.0 Å². The van der Waals surface area contributed by atoms with Crippen LogP contribution in [0.5, 0.6) is 17.6 Å². The van der Waals surface area contributed by atoms with E-state index in [-0.39, 0.29) is 99.7 Å². The quantitative estimate of drug-likeness (QED) is 0.0123. The van der Waals surface area contributed by atoms with Gasteiger partial charge >= 0.3 is 30.0 Å². The first-order valence-electron chi connectivity index (χ1n) is 46.2. The maximum Gasteiger partial charge on any atom is 0.408 e. The number of nitrogens with two attached hydrogens (primary N) is 1. The summed E-state index contributed by atoms with van der Waals surface area (Å²) in [6, 6.07) is 1.57. The van der Waals surface area contributed by atoms with Crippen molar-refractivity contribution >= 4 is 106 Å². The summed E-state index contributed by atoms with van der Waals surface area (Å²) in [6.45, 7) is 38.9. The molecule has 5 aromatic heterocycles. The van der Waals surface area contributed by atoms with E-state index >= 15 is 0 Å². The maximum atomic E-state index is 14.3. The second-order valence-electron chi connectivity index (χ2n) is 38.4. The molecular formula is C98H135Cl3N16O20. The molecule has 11 rings (SSSR count). The number of ether oxygens (including phenoxy) is 7. The Morgan fingerprint density at radius 2 is 0.745 bits per heavy atom. The molecule has 8 heterocycles. The number of pyridine rings is 3. The lowest BCUT2D eigenvalue weighted by atomic mass is 9.82. The van der Waals surface area contributed by atoms with E-state index in [1.807, 2.05) is 62.3 Å². The van der Waals surface area contributed by atoms with Crippen molar-refractivity contribution in [3.8, 4) is 17.6 Å². The number of alkyl carbamates (subject to hydrolysis) is 1. The van der Waals surface area contributed by atoms with Crippen LogP contribution in [-0.2, 0) is 62.1 Å². The Morgan fingerprint density at radius 1 is 0.431 bits per heavy atom. The van der Waals surface area contributed by atoms with Gasteiger partial charge in [-0.2, -0.15) is 0 Å². The molecule has 3 saturated carbocycles. The third kappa shape index (κ3) is 35.3. The third-order valence-electron chi connectivity index (χ3n) is 23.5. The molecule has 3 aliphatic carbocycles. The number of nitrogens with zero attached hydrogens (tertiary/aromatic N) is 10. The van der Waals surface area contributed by atoms with Crippen molar-refractivity contribution in [1.82, 2.24) is 76.2 Å². The van der Waals surface area contributed by atoms with Crippen LogP contribution in [0.3, 0.4) is 0 Å². The SMILES string of the molecule is C=C.C=CCOC(=O)[C@@H]1C[C@@H](Oc2ccc(Cl)cn2)CN1C(=O)[C@@H](NC(=O)[C@@H](N)C1CCCCC1)C(C)(C)C.C=CCOC(=O)[C@@H]1C[C@@H](Oc2ccc(Cl)cn2)CN1C(=O)[C@@H](NC(=O)[C@@H](NC(=O)OC(C)(C)C)C1CCCCC1)C(C)(C)C.C=CCOC(=O)[C@@H]1C[C@@H](Oc2ccc(Cl)cn2)CN1C(=O)[C@@H](NC(=O)[C@@H](NC(=O)c1cnccn1)C1CCCCC1)C(C)(C)C.O=C(O)c1cnccn1. The number of hydrogen-bond donors (Lipinski definition) is 7. The molecule has 6 fully saturated rings. The minimum Gasteiger partial charge on any atom is -0.476 e. The van der Waals surface area contributed by atoms with Crippen molar-refractivity contribution in [3.05, 3.63) is 170 Å². The van der Waals surface area contributed by atoms with Crippen molar-refractivity contribution < 1.29 is 95.8 Å². The van der Waals surface area contributed by atoms with Crippen LogP contribution < -0.4 is 46.5 Å². The molecule has 748 valence electrons. The first-order valence-corrected chi connectivity index (χ1v) is 47.3. The van der Waals surface area contributed by atoms with E-state index in [9.17, 15) is 57.5 Å². The van der Waals surface area contributed by atoms with Gasteiger partial charge in [0.2, 0.25) is 53.1 Å². The van der Waals surface area contributed by atoms with Gasteiger partial charge in [0.05, 0.1) is 53.1 Å². The fourth-order valence-corrected chi connectivity index (χ4v) is 17.0. The number of hydrogen-bond acceptors (Lipinski definition) is 27. The molecule has 0 aromatic carbocycles. The predicted molar refractivity (Wildman–Crippen MR) is 513 cm³/mol. The Hall–Kier alpha value is -11.8. The molecule has 36 nitrogen and oxygen atoms in total. The topological polar surface area (TPSA) is 476 Å². The Bertz CT molecular complexity index is 4810. The molecule has 0 spiro atoms. The van der Waals surface area contributed by atoms with Crippen molar-refractivity contribution in [3.63, 3.8) is 0 Å². The van der Waals surface area contributed by atoms with Crippen molar-refractivity contribution in [2.75, 3.05) is 39.5 Å². The normalized spacial score (nSPS) is 19.8. The molecule has 39 heteroatoms. The minimum absolute atomic E-state index is 0.0134. The van der Waals surface area contributed by atoms with E-state index in [2.05, 4.69) is 94.4 Å². The summed E-state index contributed by atoms with van der Waals surface area (Å²) in [4.78, 5) is 190. The molecule has 8 N–H and O–H groups in total. The molecule has 0 unspecified atom stereocenters. The number of carbonyl (C=O) groups excluding carboxylic acids is 11. The minimum atomic E-state index is -1.05. The van der Waals surface area contributed by atoms with Crippen LogP contribution in [0.15, 0.2) is 143 Å². The molecule has 0 bridgehead atoms. The fourth-order valence-electron chi connectivity index (χ4n) is 16.6. The molecule has 6 aliphatic rings. The summed E-state index contributed by atoms with van der Waals surface area (Å²) in [5.41, 5.74) is 3.51. The highest BCUT2D eigenvalue weighted by Gasteiger charge is 2.52. The lowest BCUT2D eigenvalue weighted by Gasteiger charge is -2.37. The number of carbonyl (C=O) groups is 12. The lowest BCUT2D eigenvalue weighted by Crippen LogP contribution is -2.61. The summed E-state index contributed by atoms with van der Waals surface area (Å²) in [7, 11) is 0. The van der Waals surface area contributed by atoms with Gasteiger partial charge < -0.3 is 85.3 Å². The van der Waals surface area contributed by atoms with Gasteiger partial charge in [-0.05, 0) is 111 Å². The first-order chi connectivity index (χ1) is 64.9. The van der Waals surface area contributed by atoms with E-state index in [1.54, 1.807) is 57.2 Å². The maximum absolute atomic E-state index is 14.3. The van der Waals surface area contributed by atoms with E-state index in [1.165, 1.54) is 88.7 Å². The van der Waals surface area contributed by atoms with Gasteiger partial charge in [0, 0.05) is 80.8 Å². The molecule has 8 amide bonds. The number of rotatable bonds is 31. The molecule has 5 aromatic rings. The smallest absolute Gasteiger partial charge is 0.408 e. The average molecular weight is 1960 g/mol. The van der Waals surface area contributed by atoms with Gasteiger partial charge in [-0.3, -0.25) is 43.5 Å². The predicted octanol–water partition coefficient (Wildman–Crippen LogP) is 12.6. The van der Waals surface area contributed by atoms with Crippen LogP contribution in [0.25, 0.3) is 0 Å². The summed E-state index contributed by atoms with van der Waals surface area (Å²) in [5.74, 6) is -5.12. The van der Waals surface area contributed by atoms with E-state index in [0.717, 1.165) is 96.3 Å². The van der Waals surface area contributed by atoms with Gasteiger partial charge in [-0.25, -0.2) is 48.9 Å². The Balaban J connectivity index is 0.000000265. The van der Waals surface area contributed by atoms with E-state index in [0.29, 0.717) is 32.7 Å².